The minimum atomic E-state index is -0.571. The smallest absolute Gasteiger partial charge is 0.343 e. The van der Waals surface area contributed by atoms with Gasteiger partial charge in [-0.15, -0.1) is 11.3 Å². The molecule has 1 aromatic carbocycles. The van der Waals surface area contributed by atoms with Gasteiger partial charge >= 0.3 is 5.97 Å². The van der Waals surface area contributed by atoms with E-state index in [1.807, 2.05) is 12.3 Å². The molecule has 0 saturated heterocycles. The largest absolute Gasteiger partial charge is 0.487 e. The number of halogens is 1. The fourth-order valence-electron chi connectivity index (χ4n) is 3.27. The molecule has 0 atom stereocenters. The minimum absolute atomic E-state index is 0.00723. The second kappa shape index (κ2) is 10.7. The Bertz CT molecular complexity index is 1200. The Morgan fingerprint density at radius 1 is 1.22 bits per heavy atom. The van der Waals surface area contributed by atoms with Crippen molar-refractivity contribution < 1.29 is 19.1 Å². The van der Waals surface area contributed by atoms with E-state index in [2.05, 4.69) is 5.32 Å². The topological polar surface area (TPSA) is 86.6 Å². The molecule has 0 aliphatic heterocycles. The number of carbonyl (C=O) groups excluding carboxylic acids is 2. The third-order valence-electron chi connectivity index (χ3n) is 4.74. The van der Waals surface area contributed by atoms with Crippen molar-refractivity contribution in [3.8, 4) is 5.75 Å². The lowest BCUT2D eigenvalue weighted by atomic mass is 10.1. The molecule has 0 radical (unpaired) electrons. The van der Waals surface area contributed by atoms with E-state index in [0.29, 0.717) is 27.5 Å². The van der Waals surface area contributed by atoms with E-state index in [-0.39, 0.29) is 30.4 Å². The van der Waals surface area contributed by atoms with Gasteiger partial charge in [-0.2, -0.15) is 0 Å². The van der Waals surface area contributed by atoms with Crippen LogP contribution in [-0.2, 0) is 16.1 Å². The molecule has 32 heavy (non-hydrogen) atoms. The van der Waals surface area contributed by atoms with Crippen LogP contribution in [0.5, 0.6) is 5.75 Å². The number of carbonyl (C=O) groups is 2. The lowest BCUT2D eigenvalue weighted by Crippen LogP contribution is -2.26. The summed E-state index contributed by atoms with van der Waals surface area (Å²) < 4.78 is 13.2. The molecule has 3 aromatic rings. The number of benzene rings is 1. The molecule has 2 heterocycles. The summed E-state index contributed by atoms with van der Waals surface area (Å²) in [4.78, 5) is 37.5. The predicted octanol–water partition coefficient (Wildman–Crippen LogP) is 5.08. The van der Waals surface area contributed by atoms with Gasteiger partial charge in [0.15, 0.2) is 0 Å². The van der Waals surface area contributed by atoms with Crippen molar-refractivity contribution >= 4 is 50.7 Å². The van der Waals surface area contributed by atoms with Crippen molar-refractivity contribution in [1.82, 2.24) is 4.57 Å². The highest BCUT2D eigenvalue weighted by Crippen LogP contribution is 2.31. The Morgan fingerprint density at radius 3 is 2.66 bits per heavy atom. The summed E-state index contributed by atoms with van der Waals surface area (Å²) in [6, 6.07) is 6.99. The molecule has 2 aromatic heterocycles. The van der Waals surface area contributed by atoms with Crippen LogP contribution in [0.25, 0.3) is 10.2 Å². The van der Waals surface area contributed by atoms with Gasteiger partial charge in [0.25, 0.3) is 5.56 Å². The van der Waals surface area contributed by atoms with Crippen LogP contribution in [0.4, 0.5) is 5.69 Å². The summed E-state index contributed by atoms with van der Waals surface area (Å²) in [5.74, 6) is -0.787. The Morgan fingerprint density at radius 2 is 2.00 bits per heavy atom. The molecule has 1 N–H and O–H groups in total. The number of ether oxygens (including phenoxy) is 2. The lowest BCUT2D eigenvalue weighted by molar-refractivity contribution is -0.114. The molecule has 0 bridgehead atoms. The van der Waals surface area contributed by atoms with Crippen molar-refractivity contribution in [3.63, 3.8) is 0 Å². The molecule has 0 spiro atoms. The summed E-state index contributed by atoms with van der Waals surface area (Å²) in [7, 11) is 0. The van der Waals surface area contributed by atoms with Crippen molar-refractivity contribution in [1.29, 1.82) is 0 Å². The maximum atomic E-state index is 13.5. The average molecular weight is 477 g/mol. The van der Waals surface area contributed by atoms with Gasteiger partial charge in [-0.1, -0.05) is 31.0 Å². The number of amides is 1. The monoisotopic (exact) mass is 476 g/mol. The Labute approximate surface area is 194 Å². The molecule has 0 unspecified atom stereocenters. The summed E-state index contributed by atoms with van der Waals surface area (Å²) >= 11 is 7.66. The first kappa shape index (κ1) is 23.8. The highest BCUT2D eigenvalue weighted by atomic mass is 35.5. The molecule has 3 rings (SSSR count). The van der Waals surface area contributed by atoms with E-state index in [9.17, 15) is 14.4 Å². The maximum Gasteiger partial charge on any atom is 0.343 e. The summed E-state index contributed by atoms with van der Waals surface area (Å²) in [5.41, 5.74) is 1.65. The highest BCUT2D eigenvalue weighted by molar-refractivity contribution is 7.17. The standard InChI is InChI=1S/C23H25ClN2O5S/c1-4-6-10-31-20-19(23(29)30-5-2)21-18(9-11-32-21)26(22(20)28)13-15-7-8-17(16(24)12-15)25-14(3)27/h7-9,11-12H,4-6,10,13H2,1-3H3,(H,25,27). The predicted molar refractivity (Wildman–Crippen MR) is 127 cm³/mol. The fraction of sp³-hybridized carbons (Fsp3) is 0.348. The van der Waals surface area contributed by atoms with Gasteiger partial charge in [0.1, 0.15) is 5.56 Å². The lowest BCUT2D eigenvalue weighted by Gasteiger charge is -2.16. The van der Waals surface area contributed by atoms with Gasteiger partial charge in [-0.25, -0.2) is 4.79 Å². The van der Waals surface area contributed by atoms with Crippen molar-refractivity contribution in [2.75, 3.05) is 18.5 Å². The summed E-state index contributed by atoms with van der Waals surface area (Å²) in [5, 5.41) is 4.86. The van der Waals surface area contributed by atoms with E-state index in [1.165, 1.54) is 18.3 Å². The Hall–Kier alpha value is -2.84. The zero-order chi connectivity index (χ0) is 23.3. The molecular weight excluding hydrogens is 452 g/mol. The van der Waals surface area contributed by atoms with Gasteiger partial charge in [0.2, 0.25) is 11.7 Å². The van der Waals surface area contributed by atoms with E-state index < -0.39 is 11.5 Å². The number of anilines is 1. The maximum absolute atomic E-state index is 13.5. The number of hydrogen-bond donors (Lipinski definition) is 1. The van der Waals surface area contributed by atoms with Crippen LogP contribution in [0.2, 0.25) is 5.02 Å². The van der Waals surface area contributed by atoms with Crippen LogP contribution in [0.15, 0.2) is 34.4 Å². The summed E-state index contributed by atoms with van der Waals surface area (Å²) in [6.45, 7) is 5.89. The zero-order valence-electron chi connectivity index (χ0n) is 18.2. The first-order valence-corrected chi connectivity index (χ1v) is 11.6. The van der Waals surface area contributed by atoms with Crippen molar-refractivity contribution in [2.24, 2.45) is 0 Å². The van der Waals surface area contributed by atoms with Gasteiger partial charge in [0.05, 0.1) is 40.7 Å². The van der Waals surface area contributed by atoms with Crippen LogP contribution in [0.3, 0.4) is 0 Å². The van der Waals surface area contributed by atoms with Crippen LogP contribution in [0.1, 0.15) is 49.5 Å². The zero-order valence-corrected chi connectivity index (χ0v) is 19.8. The van der Waals surface area contributed by atoms with E-state index in [1.54, 1.807) is 35.8 Å². The SMILES string of the molecule is CCCCOc1c(C(=O)OCC)c2sccc2n(Cc2ccc(NC(C)=O)c(Cl)c2)c1=O. The number of thiophene rings is 1. The quantitative estimate of drug-likeness (QED) is 0.344. The molecule has 7 nitrogen and oxygen atoms in total. The van der Waals surface area contributed by atoms with E-state index in [0.717, 1.165) is 18.4 Å². The number of unbranched alkanes of at least 4 members (excludes halogenated alkanes) is 1. The number of nitrogens with one attached hydrogen (secondary N) is 1. The molecular formula is C23H25ClN2O5S. The Balaban J connectivity index is 2.10. The normalized spacial score (nSPS) is 10.9. The van der Waals surface area contributed by atoms with Crippen molar-refractivity contribution in [3.05, 3.63) is 56.1 Å². The molecule has 1 amide bonds. The van der Waals surface area contributed by atoms with Gasteiger partial charge < -0.3 is 14.8 Å². The first-order valence-electron chi connectivity index (χ1n) is 10.4. The minimum Gasteiger partial charge on any atom is -0.487 e. The van der Waals surface area contributed by atoms with Gasteiger partial charge in [0, 0.05) is 6.92 Å². The van der Waals surface area contributed by atoms with Gasteiger partial charge in [-0.3, -0.25) is 14.2 Å². The highest BCUT2D eigenvalue weighted by Gasteiger charge is 2.25. The van der Waals surface area contributed by atoms with Crippen LogP contribution in [0, 0.1) is 0 Å². The number of hydrogen-bond acceptors (Lipinski definition) is 6. The third kappa shape index (κ3) is 5.14. The molecule has 0 aliphatic carbocycles. The van der Waals surface area contributed by atoms with E-state index >= 15 is 0 Å². The number of fused-ring (bicyclic) bond motifs is 1. The van der Waals surface area contributed by atoms with Crippen LogP contribution in [-0.4, -0.2) is 29.7 Å². The van der Waals surface area contributed by atoms with E-state index in [4.69, 9.17) is 21.1 Å². The number of pyridine rings is 1. The van der Waals surface area contributed by atoms with Crippen LogP contribution >= 0.6 is 22.9 Å². The molecule has 0 fully saturated rings. The molecule has 170 valence electrons. The third-order valence-corrected chi connectivity index (χ3v) is 5.97. The molecule has 9 heteroatoms. The van der Waals surface area contributed by atoms with Gasteiger partial charge in [-0.05, 0) is 42.5 Å². The number of rotatable bonds is 9. The Kier molecular flexibility index (Phi) is 7.93. The average Bonchev–Trinajstić information content (AvgIpc) is 3.22. The van der Waals surface area contributed by atoms with Crippen molar-refractivity contribution in [2.45, 2.75) is 40.2 Å². The number of aromatic nitrogens is 1. The second-order valence-corrected chi connectivity index (χ2v) is 8.47. The second-order valence-electron chi connectivity index (χ2n) is 7.15. The molecule has 0 aliphatic rings. The summed E-state index contributed by atoms with van der Waals surface area (Å²) in [6.07, 6.45) is 1.65. The first-order chi connectivity index (χ1) is 15.4. The number of nitrogens with zero attached hydrogens (tertiary/aromatic N) is 1. The molecule has 0 saturated carbocycles. The van der Waals surface area contributed by atoms with Crippen LogP contribution < -0.4 is 15.6 Å². The number of esters is 1. The fourth-order valence-corrected chi connectivity index (χ4v) is 4.45.